The third-order valence-corrected chi connectivity index (χ3v) is 4.43. The van der Waals surface area contributed by atoms with E-state index in [-0.39, 0.29) is 0 Å². The molecule has 0 radical (unpaired) electrons. The van der Waals surface area contributed by atoms with Gasteiger partial charge in [-0.15, -0.1) is 0 Å². The minimum Gasteiger partial charge on any atom is -0.341 e. The summed E-state index contributed by atoms with van der Waals surface area (Å²) in [6, 6.07) is 11.8. The molecule has 1 aromatic carbocycles. The van der Waals surface area contributed by atoms with E-state index in [4.69, 9.17) is 5.26 Å². The molecule has 0 bridgehead atoms. The quantitative estimate of drug-likeness (QED) is 0.744. The smallest absolute Gasteiger partial charge is 0.102 e. The largest absolute Gasteiger partial charge is 0.341 e. The van der Waals surface area contributed by atoms with Crippen LogP contribution in [0.15, 0.2) is 36.8 Å². The van der Waals surface area contributed by atoms with Gasteiger partial charge in [0.15, 0.2) is 0 Å². The molecule has 0 N–H and O–H groups in total. The molecule has 0 saturated heterocycles. The normalized spacial score (nSPS) is 10.4. The third kappa shape index (κ3) is 2.47. The van der Waals surface area contributed by atoms with E-state index in [1.165, 1.54) is 0 Å². The average Bonchev–Trinajstić information content (AvgIpc) is 3.10. The van der Waals surface area contributed by atoms with E-state index in [0.29, 0.717) is 17.7 Å². The van der Waals surface area contributed by atoms with Gasteiger partial charge in [-0.2, -0.15) is 10.5 Å². The standard InChI is InChI=1S/C19H17N5/c1-13-18(9-21)19(16-6-4-15(8-20)5-7-16)14(2)24(13)11-17-10-22-12-23(17)3/h4-7,10,12H,11H2,1-3H3. The molecule has 2 heterocycles. The molecular formula is C19H17N5. The van der Waals surface area contributed by atoms with Gasteiger partial charge >= 0.3 is 0 Å². The van der Waals surface area contributed by atoms with E-state index >= 15 is 0 Å². The summed E-state index contributed by atoms with van der Waals surface area (Å²) in [5.74, 6) is 0. The molecule has 0 amide bonds. The van der Waals surface area contributed by atoms with Gasteiger partial charge in [0.05, 0.1) is 35.8 Å². The van der Waals surface area contributed by atoms with Crippen molar-refractivity contribution in [2.24, 2.45) is 7.05 Å². The Hall–Kier alpha value is -3.31. The van der Waals surface area contributed by atoms with Gasteiger partial charge in [0.1, 0.15) is 6.07 Å². The van der Waals surface area contributed by atoms with Crippen molar-refractivity contribution in [3.05, 3.63) is 65.0 Å². The van der Waals surface area contributed by atoms with Crippen molar-refractivity contribution in [2.45, 2.75) is 20.4 Å². The second-order valence-electron chi connectivity index (χ2n) is 5.80. The summed E-state index contributed by atoms with van der Waals surface area (Å²) in [5.41, 5.74) is 6.23. The maximum atomic E-state index is 9.65. The van der Waals surface area contributed by atoms with Crippen molar-refractivity contribution < 1.29 is 0 Å². The van der Waals surface area contributed by atoms with Gasteiger partial charge in [0.25, 0.3) is 0 Å². The molecule has 0 unspecified atom stereocenters. The first-order chi connectivity index (χ1) is 11.6. The maximum Gasteiger partial charge on any atom is 0.102 e. The Morgan fingerprint density at radius 2 is 1.75 bits per heavy atom. The van der Waals surface area contributed by atoms with Crippen molar-refractivity contribution in [1.29, 1.82) is 10.5 Å². The van der Waals surface area contributed by atoms with Crippen LogP contribution in [-0.2, 0) is 13.6 Å². The molecule has 0 fully saturated rings. The van der Waals surface area contributed by atoms with Crippen LogP contribution in [0.1, 0.15) is 28.2 Å². The van der Waals surface area contributed by atoms with Crippen LogP contribution in [0.3, 0.4) is 0 Å². The molecule has 0 aliphatic heterocycles. The van der Waals surface area contributed by atoms with Crippen molar-refractivity contribution >= 4 is 0 Å². The predicted octanol–water partition coefficient (Wildman–Crippen LogP) is 3.30. The fourth-order valence-corrected chi connectivity index (χ4v) is 3.02. The van der Waals surface area contributed by atoms with Gasteiger partial charge in [-0.1, -0.05) is 12.1 Å². The summed E-state index contributed by atoms with van der Waals surface area (Å²) in [6.45, 7) is 4.66. The maximum absolute atomic E-state index is 9.65. The van der Waals surface area contributed by atoms with Crippen molar-refractivity contribution in [3.8, 4) is 23.3 Å². The highest BCUT2D eigenvalue weighted by molar-refractivity contribution is 5.75. The minimum atomic E-state index is 0.612. The molecule has 0 spiro atoms. The van der Waals surface area contributed by atoms with Crippen LogP contribution in [-0.4, -0.2) is 14.1 Å². The average molecular weight is 315 g/mol. The van der Waals surface area contributed by atoms with Crippen LogP contribution in [0, 0.1) is 36.5 Å². The Kier molecular flexibility index (Phi) is 3.93. The Balaban J connectivity index is 2.13. The van der Waals surface area contributed by atoms with Crippen LogP contribution in [0.25, 0.3) is 11.1 Å². The van der Waals surface area contributed by atoms with Crippen LogP contribution < -0.4 is 0 Å². The molecule has 0 saturated carbocycles. The first-order valence-electron chi connectivity index (χ1n) is 7.62. The van der Waals surface area contributed by atoms with Crippen molar-refractivity contribution in [2.75, 3.05) is 0 Å². The molecule has 0 aliphatic rings. The lowest BCUT2D eigenvalue weighted by Crippen LogP contribution is -2.07. The van der Waals surface area contributed by atoms with Crippen LogP contribution >= 0.6 is 0 Å². The van der Waals surface area contributed by atoms with Crippen LogP contribution in [0.2, 0.25) is 0 Å². The monoisotopic (exact) mass is 315 g/mol. The number of rotatable bonds is 3. The number of aromatic nitrogens is 3. The topological polar surface area (TPSA) is 70.3 Å². The number of hydrogen-bond acceptors (Lipinski definition) is 3. The Morgan fingerprint density at radius 3 is 2.29 bits per heavy atom. The van der Waals surface area contributed by atoms with E-state index in [9.17, 15) is 5.26 Å². The zero-order chi connectivity index (χ0) is 17.3. The number of nitriles is 2. The SMILES string of the molecule is Cc1c(C#N)c(-c2ccc(C#N)cc2)c(C)n1Cc1cncn1C. The van der Waals surface area contributed by atoms with E-state index < -0.39 is 0 Å². The fourth-order valence-electron chi connectivity index (χ4n) is 3.02. The zero-order valence-electron chi connectivity index (χ0n) is 13.9. The second-order valence-corrected chi connectivity index (χ2v) is 5.80. The fraction of sp³-hybridized carbons (Fsp3) is 0.211. The van der Waals surface area contributed by atoms with Gasteiger partial charge in [-0.3, -0.25) is 0 Å². The summed E-state index contributed by atoms with van der Waals surface area (Å²) < 4.78 is 4.12. The number of nitrogens with zero attached hydrogens (tertiary/aromatic N) is 5. The van der Waals surface area contributed by atoms with Crippen LogP contribution in [0.5, 0.6) is 0 Å². The summed E-state index contributed by atoms with van der Waals surface area (Å²) >= 11 is 0. The highest BCUT2D eigenvalue weighted by Crippen LogP contribution is 2.32. The molecule has 2 aromatic heterocycles. The van der Waals surface area contributed by atoms with Gasteiger partial charge < -0.3 is 9.13 Å². The van der Waals surface area contributed by atoms with E-state index in [0.717, 1.165) is 28.2 Å². The lowest BCUT2D eigenvalue weighted by atomic mass is 10.0. The summed E-state index contributed by atoms with van der Waals surface area (Å²) in [7, 11) is 1.96. The third-order valence-electron chi connectivity index (χ3n) is 4.43. The number of imidazole rings is 1. The van der Waals surface area contributed by atoms with E-state index in [1.54, 1.807) is 18.5 Å². The van der Waals surface area contributed by atoms with Gasteiger partial charge in [-0.25, -0.2) is 4.98 Å². The molecule has 3 rings (SSSR count). The number of benzene rings is 1. The highest BCUT2D eigenvalue weighted by atomic mass is 15.1. The van der Waals surface area contributed by atoms with Gasteiger partial charge in [0, 0.05) is 30.2 Å². The lowest BCUT2D eigenvalue weighted by molar-refractivity contribution is 0.694. The molecule has 0 atom stereocenters. The molecule has 24 heavy (non-hydrogen) atoms. The van der Waals surface area contributed by atoms with E-state index in [2.05, 4.69) is 21.7 Å². The van der Waals surface area contributed by atoms with Gasteiger partial charge in [0.2, 0.25) is 0 Å². The Bertz CT molecular complexity index is 975. The molecule has 5 nitrogen and oxygen atoms in total. The number of aryl methyl sites for hydroxylation is 1. The highest BCUT2D eigenvalue weighted by Gasteiger charge is 2.19. The molecule has 118 valence electrons. The summed E-state index contributed by atoms with van der Waals surface area (Å²) in [4.78, 5) is 4.16. The minimum absolute atomic E-state index is 0.612. The van der Waals surface area contributed by atoms with Crippen LogP contribution in [0.4, 0.5) is 0 Å². The zero-order valence-corrected chi connectivity index (χ0v) is 13.9. The predicted molar refractivity (Wildman–Crippen MR) is 91.1 cm³/mol. The molecule has 0 aliphatic carbocycles. The first-order valence-corrected chi connectivity index (χ1v) is 7.62. The van der Waals surface area contributed by atoms with Crippen molar-refractivity contribution in [3.63, 3.8) is 0 Å². The molecule has 3 aromatic rings. The molecule has 5 heteroatoms. The second kappa shape index (κ2) is 6.06. The number of hydrogen-bond donors (Lipinski definition) is 0. The summed E-state index contributed by atoms with van der Waals surface area (Å²) in [6.07, 6.45) is 3.61. The Labute approximate surface area is 141 Å². The Morgan fingerprint density at radius 1 is 1.04 bits per heavy atom. The summed E-state index contributed by atoms with van der Waals surface area (Å²) in [5, 5.41) is 18.6. The van der Waals surface area contributed by atoms with Gasteiger partial charge in [-0.05, 0) is 31.5 Å². The first kappa shape index (κ1) is 15.6. The van der Waals surface area contributed by atoms with Crippen molar-refractivity contribution in [1.82, 2.24) is 14.1 Å². The lowest BCUT2D eigenvalue weighted by Gasteiger charge is -2.10. The molecular weight excluding hydrogens is 298 g/mol. The van der Waals surface area contributed by atoms with E-state index in [1.807, 2.05) is 43.8 Å².